The number of ether oxygens (including phenoxy) is 1. The number of hydrogen-bond acceptors (Lipinski definition) is 6. The summed E-state index contributed by atoms with van der Waals surface area (Å²) in [4.78, 5) is 32.9. The molecule has 31 heavy (non-hydrogen) atoms. The largest absolute Gasteiger partial charge is 0.369 e. The minimum Gasteiger partial charge on any atom is -0.369 e. The summed E-state index contributed by atoms with van der Waals surface area (Å²) in [6, 6.07) is 7.61. The van der Waals surface area contributed by atoms with Gasteiger partial charge >= 0.3 is 0 Å². The fraction of sp³-hybridized carbons (Fsp3) is 0.435. The van der Waals surface area contributed by atoms with Gasteiger partial charge in [0.2, 0.25) is 5.91 Å². The summed E-state index contributed by atoms with van der Waals surface area (Å²) >= 11 is 3.01. The highest BCUT2D eigenvalue weighted by atomic mass is 32.2. The lowest BCUT2D eigenvalue weighted by Crippen LogP contribution is -2.35. The number of aromatic nitrogens is 2. The monoisotopic (exact) mass is 457 g/mol. The lowest BCUT2D eigenvalue weighted by atomic mass is 9.90. The molecule has 1 atom stereocenters. The molecule has 2 aromatic heterocycles. The third kappa shape index (κ3) is 4.42. The van der Waals surface area contributed by atoms with Gasteiger partial charge in [-0.3, -0.25) is 14.2 Å². The van der Waals surface area contributed by atoms with E-state index in [4.69, 9.17) is 9.72 Å². The van der Waals surface area contributed by atoms with E-state index in [-0.39, 0.29) is 23.6 Å². The molecule has 0 radical (unpaired) electrons. The predicted octanol–water partition coefficient (Wildman–Crippen LogP) is 4.76. The third-order valence-electron chi connectivity index (χ3n) is 5.72. The summed E-state index contributed by atoms with van der Waals surface area (Å²) in [5.41, 5.74) is 2.45. The maximum absolute atomic E-state index is 13.6. The van der Waals surface area contributed by atoms with Crippen molar-refractivity contribution in [2.24, 2.45) is 0 Å². The summed E-state index contributed by atoms with van der Waals surface area (Å²) in [5.74, 6) is 0.524. The molecule has 0 unspecified atom stereocenters. The number of aryl methyl sites for hydroxylation is 1. The number of fused-ring (bicyclic) bond motifs is 3. The molecule has 8 heteroatoms. The van der Waals surface area contributed by atoms with E-state index in [1.54, 1.807) is 0 Å². The molecule has 4 rings (SSSR count). The van der Waals surface area contributed by atoms with E-state index in [1.165, 1.54) is 27.7 Å². The number of rotatable bonds is 6. The van der Waals surface area contributed by atoms with E-state index in [0.717, 1.165) is 33.0 Å². The second kappa shape index (κ2) is 8.76. The molecular weight excluding hydrogens is 430 g/mol. The van der Waals surface area contributed by atoms with Gasteiger partial charge in [-0.15, -0.1) is 11.3 Å². The Morgan fingerprint density at radius 2 is 2.06 bits per heavy atom. The Labute approximate surface area is 190 Å². The van der Waals surface area contributed by atoms with Crippen LogP contribution < -0.4 is 10.9 Å². The van der Waals surface area contributed by atoms with Gasteiger partial charge in [0, 0.05) is 17.0 Å². The first kappa shape index (κ1) is 22.0. The fourth-order valence-electron chi connectivity index (χ4n) is 3.72. The Hall–Kier alpha value is -2.16. The minimum atomic E-state index is -0.280. The van der Waals surface area contributed by atoms with Crippen LogP contribution in [0.15, 0.2) is 34.2 Å². The van der Waals surface area contributed by atoms with Gasteiger partial charge in [-0.1, -0.05) is 43.3 Å². The number of amides is 1. The van der Waals surface area contributed by atoms with E-state index in [0.29, 0.717) is 29.3 Å². The summed E-state index contributed by atoms with van der Waals surface area (Å²) in [7, 11) is 0. The van der Waals surface area contributed by atoms with Crippen LogP contribution in [0, 0.1) is 6.92 Å². The van der Waals surface area contributed by atoms with Crippen LogP contribution in [0.5, 0.6) is 0 Å². The van der Waals surface area contributed by atoms with Crippen molar-refractivity contribution in [1.82, 2.24) is 9.55 Å². The average Bonchev–Trinajstić information content (AvgIpc) is 3.10. The molecule has 0 bridgehead atoms. The first-order valence-electron chi connectivity index (χ1n) is 10.5. The predicted molar refractivity (Wildman–Crippen MR) is 127 cm³/mol. The Balaban J connectivity index is 1.73. The second-order valence-electron chi connectivity index (χ2n) is 8.09. The fourth-order valence-corrected chi connectivity index (χ4v) is 5.59. The number of carbonyl (C=O) groups excluding carboxylic acids is 1. The van der Waals surface area contributed by atoms with E-state index < -0.39 is 0 Å². The van der Waals surface area contributed by atoms with Gasteiger partial charge in [0.15, 0.2) is 5.16 Å². The number of benzene rings is 1. The molecule has 1 aliphatic heterocycles. The lowest BCUT2D eigenvalue weighted by molar-refractivity contribution is -0.116. The van der Waals surface area contributed by atoms with Crippen LogP contribution in [0.1, 0.15) is 43.2 Å². The normalized spacial score (nSPS) is 18.2. The Kier molecular flexibility index (Phi) is 6.23. The highest BCUT2D eigenvalue weighted by molar-refractivity contribution is 7.99. The van der Waals surface area contributed by atoms with Crippen molar-refractivity contribution in [3.05, 3.63) is 50.6 Å². The van der Waals surface area contributed by atoms with Gasteiger partial charge in [-0.25, -0.2) is 4.98 Å². The van der Waals surface area contributed by atoms with E-state index >= 15 is 0 Å². The molecule has 0 spiro atoms. The average molecular weight is 458 g/mol. The zero-order chi connectivity index (χ0) is 22.2. The number of nitrogens with one attached hydrogen (secondary N) is 1. The van der Waals surface area contributed by atoms with Crippen molar-refractivity contribution in [1.29, 1.82) is 0 Å². The van der Waals surface area contributed by atoms with Crippen molar-refractivity contribution < 1.29 is 9.53 Å². The van der Waals surface area contributed by atoms with Gasteiger partial charge in [-0.05, 0) is 43.7 Å². The topological polar surface area (TPSA) is 73.2 Å². The van der Waals surface area contributed by atoms with Crippen molar-refractivity contribution in [3.8, 4) is 0 Å². The van der Waals surface area contributed by atoms with E-state index in [2.05, 4.69) is 19.2 Å². The van der Waals surface area contributed by atoms with Crippen LogP contribution in [0.4, 0.5) is 5.69 Å². The summed E-state index contributed by atoms with van der Waals surface area (Å²) in [6.07, 6.45) is 1.56. The summed E-state index contributed by atoms with van der Waals surface area (Å²) in [6.45, 7) is 8.63. The molecule has 0 fully saturated rings. The van der Waals surface area contributed by atoms with E-state index in [9.17, 15) is 9.59 Å². The Morgan fingerprint density at radius 1 is 1.32 bits per heavy atom. The number of hydrogen-bond donors (Lipinski definition) is 1. The number of carbonyl (C=O) groups is 1. The Morgan fingerprint density at radius 3 is 2.74 bits per heavy atom. The van der Waals surface area contributed by atoms with Crippen LogP contribution in [0.3, 0.4) is 0 Å². The quantitative estimate of drug-likeness (QED) is 0.427. The zero-order valence-corrected chi connectivity index (χ0v) is 19.9. The highest BCUT2D eigenvalue weighted by Crippen LogP contribution is 2.38. The standard InChI is InChI=1S/C23H27N3O3S2/c1-5-23(4)11-16-17(13-29-23)31-20-19(16)21(28)26(22(25-20)30-6-2)12-18(27)24-15-9-7-14(3)8-10-15/h7-10H,5-6,11-13H2,1-4H3,(H,24,27)/t23-/m1/s1. The molecule has 1 aliphatic rings. The van der Waals surface area contributed by atoms with Crippen molar-refractivity contribution in [3.63, 3.8) is 0 Å². The maximum Gasteiger partial charge on any atom is 0.263 e. The van der Waals surface area contributed by atoms with Crippen molar-refractivity contribution in [2.75, 3.05) is 11.1 Å². The highest BCUT2D eigenvalue weighted by Gasteiger charge is 2.33. The first-order chi connectivity index (χ1) is 14.8. The smallest absolute Gasteiger partial charge is 0.263 e. The number of thioether (sulfide) groups is 1. The number of thiophene rings is 1. The molecule has 6 nitrogen and oxygen atoms in total. The third-order valence-corrected chi connectivity index (χ3v) is 7.68. The molecule has 1 N–H and O–H groups in total. The van der Waals surface area contributed by atoms with Gasteiger partial charge in [0.1, 0.15) is 11.4 Å². The number of anilines is 1. The molecule has 0 saturated carbocycles. The van der Waals surface area contributed by atoms with Gasteiger partial charge in [0.05, 0.1) is 17.6 Å². The summed E-state index contributed by atoms with van der Waals surface area (Å²) < 4.78 is 7.58. The van der Waals surface area contributed by atoms with Crippen LogP contribution in [-0.2, 0) is 29.1 Å². The molecule has 0 aliphatic carbocycles. The van der Waals surface area contributed by atoms with Gasteiger partial charge in [-0.2, -0.15) is 0 Å². The SMILES string of the molecule is CCSc1nc2sc3c(c2c(=O)n1CC(=O)Nc1ccc(C)cc1)C[C@@](C)(CC)OC3. The second-order valence-corrected chi connectivity index (χ2v) is 10.4. The lowest BCUT2D eigenvalue weighted by Gasteiger charge is -2.32. The van der Waals surface area contributed by atoms with Crippen LogP contribution in [-0.4, -0.2) is 26.8 Å². The first-order valence-corrected chi connectivity index (χ1v) is 12.3. The van der Waals surface area contributed by atoms with Crippen molar-refractivity contribution in [2.45, 2.75) is 64.4 Å². The van der Waals surface area contributed by atoms with Gasteiger partial charge < -0.3 is 10.1 Å². The molecule has 3 aromatic rings. The zero-order valence-electron chi connectivity index (χ0n) is 18.3. The Bertz CT molecular complexity index is 1180. The molecule has 164 valence electrons. The van der Waals surface area contributed by atoms with Crippen molar-refractivity contribution >= 4 is 44.9 Å². The molecule has 1 aromatic carbocycles. The maximum atomic E-state index is 13.6. The van der Waals surface area contributed by atoms with Crippen LogP contribution in [0.25, 0.3) is 10.2 Å². The van der Waals surface area contributed by atoms with E-state index in [1.807, 2.05) is 38.1 Å². The summed E-state index contributed by atoms with van der Waals surface area (Å²) in [5, 5.41) is 4.11. The number of nitrogens with zero attached hydrogens (tertiary/aromatic N) is 2. The van der Waals surface area contributed by atoms with Gasteiger partial charge in [0.25, 0.3) is 5.56 Å². The minimum absolute atomic E-state index is 0.0653. The van der Waals surface area contributed by atoms with Crippen LogP contribution >= 0.6 is 23.1 Å². The van der Waals surface area contributed by atoms with Crippen LogP contribution in [0.2, 0.25) is 0 Å². The molecule has 0 saturated heterocycles. The molecule has 3 heterocycles. The molecule has 1 amide bonds. The molecular formula is C23H27N3O3S2.